The van der Waals surface area contributed by atoms with Gasteiger partial charge in [-0.25, -0.2) is 4.98 Å². The van der Waals surface area contributed by atoms with E-state index in [-0.39, 0.29) is 6.10 Å². The molecule has 72 valence electrons. The van der Waals surface area contributed by atoms with Crippen molar-refractivity contribution in [1.82, 2.24) is 4.98 Å². The molecule has 3 nitrogen and oxygen atoms in total. The highest BCUT2D eigenvalue weighted by Gasteiger charge is 2.19. The van der Waals surface area contributed by atoms with E-state index in [0.717, 1.165) is 30.8 Å². The van der Waals surface area contributed by atoms with Gasteiger partial charge in [0.15, 0.2) is 5.13 Å². The molecule has 1 saturated carbocycles. The average Bonchev–Trinajstić information content (AvgIpc) is 2.62. The number of rotatable bonds is 2. The SMILES string of the molecule is OC1CCC(Nc2nccs2)CC1. The van der Waals surface area contributed by atoms with Gasteiger partial charge in [-0.15, -0.1) is 11.3 Å². The van der Waals surface area contributed by atoms with Gasteiger partial charge in [0.05, 0.1) is 6.10 Å². The van der Waals surface area contributed by atoms with E-state index in [4.69, 9.17) is 0 Å². The van der Waals surface area contributed by atoms with Gasteiger partial charge < -0.3 is 10.4 Å². The van der Waals surface area contributed by atoms with Gasteiger partial charge in [0.2, 0.25) is 0 Å². The van der Waals surface area contributed by atoms with Crippen LogP contribution >= 0.6 is 11.3 Å². The highest BCUT2D eigenvalue weighted by Crippen LogP contribution is 2.22. The first-order chi connectivity index (χ1) is 6.34. The zero-order valence-corrected chi connectivity index (χ0v) is 8.26. The molecule has 2 rings (SSSR count). The molecular weight excluding hydrogens is 184 g/mol. The Hall–Kier alpha value is -0.610. The summed E-state index contributed by atoms with van der Waals surface area (Å²) >= 11 is 1.63. The molecule has 4 heteroatoms. The van der Waals surface area contributed by atoms with Crippen LogP contribution in [0.25, 0.3) is 0 Å². The van der Waals surface area contributed by atoms with Crippen LogP contribution in [0.4, 0.5) is 5.13 Å². The van der Waals surface area contributed by atoms with Crippen molar-refractivity contribution >= 4 is 16.5 Å². The highest BCUT2D eigenvalue weighted by atomic mass is 32.1. The van der Waals surface area contributed by atoms with Crippen molar-refractivity contribution in [1.29, 1.82) is 0 Å². The standard InChI is InChI=1S/C9H14N2OS/c12-8-3-1-7(2-4-8)11-9-10-5-6-13-9/h5-8,12H,1-4H2,(H,10,11). The molecule has 0 unspecified atom stereocenters. The second-order valence-corrected chi connectivity index (χ2v) is 4.38. The highest BCUT2D eigenvalue weighted by molar-refractivity contribution is 7.13. The predicted molar refractivity (Wildman–Crippen MR) is 54.0 cm³/mol. The third-order valence-corrected chi connectivity index (χ3v) is 3.16. The zero-order chi connectivity index (χ0) is 9.10. The normalized spacial score (nSPS) is 28.7. The second-order valence-electron chi connectivity index (χ2n) is 3.49. The minimum absolute atomic E-state index is 0.0747. The lowest BCUT2D eigenvalue weighted by Gasteiger charge is -2.25. The summed E-state index contributed by atoms with van der Waals surface area (Å²) in [6.07, 6.45) is 5.69. The van der Waals surface area contributed by atoms with Gasteiger partial charge in [-0.05, 0) is 25.7 Å². The lowest BCUT2D eigenvalue weighted by Crippen LogP contribution is -2.28. The van der Waals surface area contributed by atoms with Gasteiger partial charge in [-0.3, -0.25) is 0 Å². The third-order valence-electron chi connectivity index (χ3n) is 2.46. The molecule has 2 N–H and O–H groups in total. The largest absolute Gasteiger partial charge is 0.393 e. The Morgan fingerprint density at radius 3 is 2.77 bits per heavy atom. The molecule has 1 aromatic rings. The van der Waals surface area contributed by atoms with Crippen LogP contribution in [0.15, 0.2) is 11.6 Å². The molecular formula is C9H14N2OS. The maximum Gasteiger partial charge on any atom is 0.182 e. The molecule has 0 spiro atoms. The van der Waals surface area contributed by atoms with Crippen molar-refractivity contribution in [2.24, 2.45) is 0 Å². The maximum atomic E-state index is 9.31. The number of aliphatic hydroxyl groups is 1. The van der Waals surface area contributed by atoms with Gasteiger partial charge >= 0.3 is 0 Å². The van der Waals surface area contributed by atoms with E-state index >= 15 is 0 Å². The van der Waals surface area contributed by atoms with Crippen LogP contribution in [0.5, 0.6) is 0 Å². The van der Waals surface area contributed by atoms with Crippen molar-refractivity contribution in [3.8, 4) is 0 Å². The number of aliphatic hydroxyl groups excluding tert-OH is 1. The molecule has 0 amide bonds. The van der Waals surface area contributed by atoms with Crippen LogP contribution in [0, 0.1) is 0 Å². The van der Waals surface area contributed by atoms with E-state index in [9.17, 15) is 5.11 Å². The van der Waals surface area contributed by atoms with Gasteiger partial charge in [0.1, 0.15) is 0 Å². The molecule has 0 bridgehead atoms. The smallest absolute Gasteiger partial charge is 0.182 e. The number of aromatic nitrogens is 1. The molecule has 0 aliphatic heterocycles. The van der Waals surface area contributed by atoms with Crippen LogP contribution in [-0.4, -0.2) is 22.2 Å². The van der Waals surface area contributed by atoms with Crippen LogP contribution in [0.2, 0.25) is 0 Å². The Kier molecular flexibility index (Phi) is 2.80. The lowest BCUT2D eigenvalue weighted by molar-refractivity contribution is 0.126. The Labute approximate surface area is 81.8 Å². The summed E-state index contributed by atoms with van der Waals surface area (Å²) in [6, 6.07) is 0.509. The van der Waals surface area contributed by atoms with E-state index in [1.807, 2.05) is 11.6 Å². The lowest BCUT2D eigenvalue weighted by atomic mass is 9.93. The molecule has 1 heterocycles. The van der Waals surface area contributed by atoms with E-state index in [1.54, 1.807) is 11.3 Å². The zero-order valence-electron chi connectivity index (χ0n) is 7.44. The number of hydrogen-bond acceptors (Lipinski definition) is 4. The fraction of sp³-hybridized carbons (Fsp3) is 0.667. The first kappa shape index (κ1) is 8.97. The fourth-order valence-electron chi connectivity index (χ4n) is 1.69. The molecule has 1 aromatic heterocycles. The monoisotopic (exact) mass is 198 g/mol. The number of hydrogen-bond donors (Lipinski definition) is 2. The molecule has 1 aliphatic carbocycles. The summed E-state index contributed by atoms with van der Waals surface area (Å²) in [5.41, 5.74) is 0. The minimum atomic E-state index is -0.0747. The molecule has 0 atom stereocenters. The molecule has 1 fully saturated rings. The van der Waals surface area contributed by atoms with Crippen LogP contribution in [-0.2, 0) is 0 Å². The Balaban J connectivity index is 1.83. The van der Waals surface area contributed by atoms with Gasteiger partial charge in [-0.2, -0.15) is 0 Å². The number of anilines is 1. The van der Waals surface area contributed by atoms with Crippen molar-refractivity contribution < 1.29 is 5.11 Å². The first-order valence-electron chi connectivity index (χ1n) is 4.68. The fourth-order valence-corrected chi connectivity index (χ4v) is 2.30. The molecule has 0 aromatic carbocycles. The summed E-state index contributed by atoms with van der Waals surface area (Å²) in [5, 5.41) is 15.7. The maximum absolute atomic E-state index is 9.31. The van der Waals surface area contributed by atoms with Crippen molar-refractivity contribution in [2.45, 2.75) is 37.8 Å². The predicted octanol–water partition coefficient (Wildman–Crippen LogP) is 1.86. The van der Waals surface area contributed by atoms with Crippen LogP contribution in [0.3, 0.4) is 0 Å². The second kappa shape index (κ2) is 4.07. The van der Waals surface area contributed by atoms with Gasteiger partial charge in [-0.1, -0.05) is 0 Å². The van der Waals surface area contributed by atoms with Crippen molar-refractivity contribution in [2.75, 3.05) is 5.32 Å². The molecule has 13 heavy (non-hydrogen) atoms. The Morgan fingerprint density at radius 1 is 1.38 bits per heavy atom. The molecule has 1 aliphatic rings. The summed E-state index contributed by atoms with van der Waals surface area (Å²) in [5.74, 6) is 0. The van der Waals surface area contributed by atoms with E-state index < -0.39 is 0 Å². The third kappa shape index (κ3) is 2.42. The molecule has 0 radical (unpaired) electrons. The van der Waals surface area contributed by atoms with Gasteiger partial charge in [0, 0.05) is 17.6 Å². The number of nitrogens with zero attached hydrogens (tertiary/aromatic N) is 1. The number of nitrogens with one attached hydrogen (secondary N) is 1. The van der Waals surface area contributed by atoms with E-state index in [2.05, 4.69) is 10.3 Å². The minimum Gasteiger partial charge on any atom is -0.393 e. The summed E-state index contributed by atoms with van der Waals surface area (Å²) < 4.78 is 0. The Bertz CT molecular complexity index is 242. The van der Waals surface area contributed by atoms with E-state index in [1.165, 1.54) is 0 Å². The van der Waals surface area contributed by atoms with Crippen molar-refractivity contribution in [3.63, 3.8) is 0 Å². The Morgan fingerprint density at radius 2 is 2.15 bits per heavy atom. The first-order valence-corrected chi connectivity index (χ1v) is 5.56. The average molecular weight is 198 g/mol. The summed E-state index contributed by atoms with van der Waals surface area (Å²) in [6.45, 7) is 0. The summed E-state index contributed by atoms with van der Waals surface area (Å²) in [7, 11) is 0. The summed E-state index contributed by atoms with van der Waals surface area (Å²) in [4.78, 5) is 4.17. The van der Waals surface area contributed by atoms with Crippen LogP contribution < -0.4 is 5.32 Å². The van der Waals surface area contributed by atoms with Crippen molar-refractivity contribution in [3.05, 3.63) is 11.6 Å². The topological polar surface area (TPSA) is 45.1 Å². The van der Waals surface area contributed by atoms with E-state index in [0.29, 0.717) is 6.04 Å². The quantitative estimate of drug-likeness (QED) is 0.762. The van der Waals surface area contributed by atoms with Crippen LogP contribution in [0.1, 0.15) is 25.7 Å². The number of thiazole rings is 1. The van der Waals surface area contributed by atoms with Gasteiger partial charge in [0.25, 0.3) is 0 Å². The molecule has 0 saturated heterocycles.